The fourth-order valence-corrected chi connectivity index (χ4v) is 3.54. The number of carbonyl (C=O) groups is 3. The Kier molecular flexibility index (Phi) is 12.0. The van der Waals surface area contributed by atoms with Crippen LogP contribution in [0.3, 0.4) is 0 Å². The van der Waals surface area contributed by atoms with Crippen molar-refractivity contribution in [2.24, 2.45) is 0 Å². The molecule has 168 valence electrons. The second kappa shape index (κ2) is 13.6. The Morgan fingerprint density at radius 3 is 2.43 bits per heavy atom. The number of carbonyl (C=O) groups excluding carboxylic acids is 3. The van der Waals surface area contributed by atoms with Gasteiger partial charge >= 0.3 is 11.9 Å². The summed E-state index contributed by atoms with van der Waals surface area (Å²) in [5.74, 6) is -1.51. The number of alkyl halides is 1. The molecule has 0 heterocycles. The molecule has 1 amide bonds. The van der Waals surface area contributed by atoms with E-state index in [2.05, 4.69) is 37.2 Å². The van der Waals surface area contributed by atoms with Crippen molar-refractivity contribution in [2.45, 2.75) is 38.8 Å². The monoisotopic (exact) mass is 550 g/mol. The van der Waals surface area contributed by atoms with Crippen molar-refractivity contribution in [3.8, 4) is 0 Å². The smallest absolute Gasteiger partial charge is 0.328 e. The zero-order valence-electron chi connectivity index (χ0n) is 17.3. The van der Waals surface area contributed by atoms with Gasteiger partial charge in [0.25, 0.3) is 5.91 Å². The third-order valence-electron chi connectivity index (χ3n) is 4.10. The van der Waals surface area contributed by atoms with Gasteiger partial charge in [0.2, 0.25) is 0 Å². The third-order valence-corrected chi connectivity index (χ3v) is 5.49. The molecule has 0 aromatic heterocycles. The largest absolute Gasteiger partial charge is 0.466 e. The zero-order chi connectivity index (χ0) is 22.7. The van der Waals surface area contributed by atoms with Gasteiger partial charge in [-0.05, 0) is 54.4 Å². The number of halogens is 2. The number of aliphatic hydroxyl groups is 1. The maximum absolute atomic E-state index is 12.7. The van der Waals surface area contributed by atoms with Gasteiger partial charge in [-0.15, -0.1) is 0 Å². The molecular weight excluding hydrogens is 524 g/mol. The Bertz CT molecular complexity index is 731. The first kappa shape index (κ1) is 26.4. The number of amides is 1. The van der Waals surface area contributed by atoms with Gasteiger partial charge in [-0.3, -0.25) is 9.59 Å². The Morgan fingerprint density at radius 2 is 1.87 bits per heavy atom. The number of hydrogen-bond acceptors (Lipinski definition) is 7. The summed E-state index contributed by atoms with van der Waals surface area (Å²) in [5, 5.41) is 12.9. The molecular formula is C20H28Br2N2O6. The number of nitrogens with one attached hydrogen (secondary N) is 1. The molecule has 0 aliphatic rings. The summed E-state index contributed by atoms with van der Waals surface area (Å²) < 4.78 is 10.5. The van der Waals surface area contributed by atoms with Crippen LogP contribution in [0.25, 0.3) is 0 Å². The molecule has 0 bridgehead atoms. The highest BCUT2D eigenvalue weighted by molar-refractivity contribution is 9.10. The molecule has 2 atom stereocenters. The van der Waals surface area contributed by atoms with Gasteiger partial charge in [0.05, 0.1) is 25.0 Å². The molecule has 0 fully saturated rings. The summed E-state index contributed by atoms with van der Waals surface area (Å²) in [6.07, 6.45) is -0.467. The molecule has 0 saturated carbocycles. The van der Waals surface area contributed by atoms with Gasteiger partial charge in [-0.1, -0.05) is 15.9 Å². The molecule has 0 spiro atoms. The second-order valence-corrected chi connectivity index (χ2v) is 7.98. The Hall–Kier alpha value is -1.65. The standard InChI is InChI=1S/C20H28Br2N2O6/c1-4-29-18(26)9-7-16(20(28)30-5-2)23-19(27)13-6-8-17(15(22)10-13)24(3)12-14(25)11-21/h6,8,10,14,16,25H,4-5,7,9,11-12H2,1-3H3,(H,23,27). The van der Waals surface area contributed by atoms with Gasteiger partial charge < -0.3 is 24.8 Å². The van der Waals surface area contributed by atoms with Gasteiger partial charge in [0, 0.05) is 35.4 Å². The average Bonchev–Trinajstić information content (AvgIpc) is 2.70. The highest BCUT2D eigenvalue weighted by Gasteiger charge is 2.24. The lowest BCUT2D eigenvalue weighted by Gasteiger charge is -2.23. The van der Waals surface area contributed by atoms with Crippen LogP contribution < -0.4 is 10.2 Å². The van der Waals surface area contributed by atoms with Gasteiger partial charge in [-0.2, -0.15) is 0 Å². The van der Waals surface area contributed by atoms with Gasteiger partial charge in [0.1, 0.15) is 6.04 Å². The molecule has 1 aromatic rings. The number of benzene rings is 1. The second-order valence-electron chi connectivity index (χ2n) is 6.48. The quantitative estimate of drug-likeness (QED) is 0.304. The van der Waals surface area contributed by atoms with Crippen LogP contribution >= 0.6 is 31.9 Å². The summed E-state index contributed by atoms with van der Waals surface area (Å²) in [5.41, 5.74) is 1.14. The van der Waals surface area contributed by atoms with E-state index in [1.807, 2.05) is 11.9 Å². The van der Waals surface area contributed by atoms with Crippen LogP contribution in [0.15, 0.2) is 22.7 Å². The predicted octanol–water partition coefficient (Wildman–Crippen LogP) is 2.65. The van der Waals surface area contributed by atoms with E-state index in [1.54, 1.807) is 32.0 Å². The molecule has 10 heteroatoms. The number of hydrogen-bond donors (Lipinski definition) is 2. The highest BCUT2D eigenvalue weighted by Crippen LogP contribution is 2.27. The molecule has 0 saturated heterocycles. The summed E-state index contributed by atoms with van der Waals surface area (Å²) >= 11 is 6.68. The summed E-state index contributed by atoms with van der Waals surface area (Å²) in [6.45, 7) is 4.19. The minimum Gasteiger partial charge on any atom is -0.466 e. The van der Waals surface area contributed by atoms with E-state index in [4.69, 9.17) is 9.47 Å². The van der Waals surface area contributed by atoms with Crippen LogP contribution in [0, 0.1) is 0 Å². The van der Waals surface area contributed by atoms with Crippen LogP contribution in [0.2, 0.25) is 0 Å². The highest BCUT2D eigenvalue weighted by atomic mass is 79.9. The van der Waals surface area contributed by atoms with E-state index in [1.165, 1.54) is 0 Å². The number of aliphatic hydroxyl groups excluding tert-OH is 1. The first-order valence-corrected chi connectivity index (χ1v) is 11.5. The van der Waals surface area contributed by atoms with E-state index >= 15 is 0 Å². The fourth-order valence-electron chi connectivity index (χ4n) is 2.65. The zero-order valence-corrected chi connectivity index (χ0v) is 20.5. The molecule has 30 heavy (non-hydrogen) atoms. The maximum atomic E-state index is 12.7. The Morgan fingerprint density at radius 1 is 1.20 bits per heavy atom. The van der Waals surface area contributed by atoms with Crippen LogP contribution in [0.1, 0.15) is 37.0 Å². The molecule has 0 radical (unpaired) electrons. The average molecular weight is 552 g/mol. The first-order chi connectivity index (χ1) is 14.2. The number of anilines is 1. The maximum Gasteiger partial charge on any atom is 0.328 e. The van der Waals surface area contributed by atoms with Crippen molar-refractivity contribution in [1.82, 2.24) is 5.32 Å². The minimum atomic E-state index is -0.961. The van der Waals surface area contributed by atoms with Crippen molar-refractivity contribution in [1.29, 1.82) is 0 Å². The lowest BCUT2D eigenvalue weighted by Crippen LogP contribution is -2.42. The molecule has 2 N–H and O–H groups in total. The van der Waals surface area contributed by atoms with E-state index in [0.717, 1.165) is 5.69 Å². The van der Waals surface area contributed by atoms with E-state index in [9.17, 15) is 19.5 Å². The number of likely N-dealkylation sites (N-methyl/N-ethyl adjacent to an activating group) is 1. The molecule has 8 nitrogen and oxygen atoms in total. The Labute approximate surface area is 193 Å². The minimum absolute atomic E-state index is 0.0130. The molecule has 1 rings (SSSR count). The molecule has 1 aromatic carbocycles. The summed E-state index contributed by atoms with van der Waals surface area (Å²) in [7, 11) is 1.83. The van der Waals surface area contributed by atoms with Crippen LogP contribution in [0.5, 0.6) is 0 Å². The normalized spacial score (nSPS) is 12.6. The van der Waals surface area contributed by atoms with Crippen molar-refractivity contribution in [3.05, 3.63) is 28.2 Å². The SMILES string of the molecule is CCOC(=O)CCC(NC(=O)c1ccc(N(C)CC(O)CBr)c(Br)c1)C(=O)OCC. The number of rotatable bonds is 12. The van der Waals surface area contributed by atoms with Gasteiger partial charge in [-0.25, -0.2) is 4.79 Å². The van der Waals surface area contributed by atoms with Crippen molar-refractivity contribution in [2.75, 3.05) is 37.0 Å². The predicted molar refractivity (Wildman–Crippen MR) is 121 cm³/mol. The third kappa shape index (κ3) is 8.61. The lowest BCUT2D eigenvalue weighted by molar-refractivity contribution is -0.146. The van der Waals surface area contributed by atoms with E-state index in [0.29, 0.717) is 21.9 Å². The topological polar surface area (TPSA) is 105 Å². The summed E-state index contributed by atoms with van der Waals surface area (Å²) in [4.78, 5) is 38.3. The van der Waals surface area contributed by atoms with Crippen LogP contribution in [-0.2, 0) is 19.1 Å². The molecule has 0 aliphatic carbocycles. The number of nitrogens with zero attached hydrogens (tertiary/aromatic N) is 1. The first-order valence-electron chi connectivity index (χ1n) is 9.61. The molecule has 0 aliphatic heterocycles. The van der Waals surface area contributed by atoms with Gasteiger partial charge in [0.15, 0.2) is 0 Å². The lowest BCUT2D eigenvalue weighted by atomic mass is 10.1. The van der Waals surface area contributed by atoms with Crippen molar-refractivity contribution >= 4 is 55.4 Å². The number of esters is 2. The van der Waals surface area contributed by atoms with Crippen LogP contribution in [-0.4, -0.2) is 67.2 Å². The van der Waals surface area contributed by atoms with Crippen molar-refractivity contribution < 1.29 is 29.0 Å². The van der Waals surface area contributed by atoms with E-state index < -0.39 is 30.0 Å². The van der Waals surface area contributed by atoms with Crippen LogP contribution in [0.4, 0.5) is 5.69 Å². The van der Waals surface area contributed by atoms with E-state index in [-0.39, 0.29) is 26.1 Å². The fraction of sp³-hybridized carbons (Fsp3) is 0.550. The summed E-state index contributed by atoms with van der Waals surface area (Å²) in [6, 6.07) is 4.05. The Balaban J connectivity index is 2.88. The van der Waals surface area contributed by atoms with Crippen molar-refractivity contribution in [3.63, 3.8) is 0 Å². The number of ether oxygens (including phenoxy) is 2. The molecule has 2 unspecified atom stereocenters.